The van der Waals surface area contributed by atoms with Crippen molar-refractivity contribution in [3.05, 3.63) is 59.7 Å². The molecule has 1 atom stereocenters. The highest BCUT2D eigenvalue weighted by atomic mass is 32.2. The number of amides is 3. The predicted molar refractivity (Wildman–Crippen MR) is 193 cm³/mol. The highest BCUT2D eigenvalue weighted by Crippen LogP contribution is 2.31. The molecule has 0 spiro atoms. The van der Waals surface area contributed by atoms with Crippen LogP contribution in [0.1, 0.15) is 66.5 Å². The molecular weight excluding hydrogens is 637 g/mol. The van der Waals surface area contributed by atoms with Gasteiger partial charge < -0.3 is 29.7 Å². The minimum absolute atomic E-state index is 0.0343. The summed E-state index contributed by atoms with van der Waals surface area (Å²) in [5.74, 6) is 2.78. The molecule has 3 N–H and O–H groups in total. The standard InChI is InChI=1S/C35H54N4O6S2/c1-25(38-32(42)45-33(2,3)4)36-19-21-39(31(41)35(7,8)47-24-27-13-17-29(44-10)18-14-27)22-20-37-30(40)34(5,6)46-23-26-11-15-28(43-9)16-12-26/h11-18,25,36H,19-24H2,1-10H3,(H,37,40)(H,38,42). The molecule has 0 heterocycles. The Morgan fingerprint density at radius 1 is 0.745 bits per heavy atom. The smallest absolute Gasteiger partial charge is 0.408 e. The van der Waals surface area contributed by atoms with E-state index in [2.05, 4.69) is 16.0 Å². The second-order valence-corrected chi connectivity index (χ2v) is 16.4. The van der Waals surface area contributed by atoms with Crippen LogP contribution in [0.25, 0.3) is 0 Å². The first-order valence-electron chi connectivity index (χ1n) is 15.8. The van der Waals surface area contributed by atoms with Crippen LogP contribution in [0.4, 0.5) is 4.79 Å². The third kappa shape index (κ3) is 14.7. The van der Waals surface area contributed by atoms with Crippen LogP contribution in [-0.4, -0.2) is 84.5 Å². The normalized spacial score (nSPS) is 12.6. The molecule has 12 heteroatoms. The Hall–Kier alpha value is -3.09. The molecule has 0 saturated heterocycles. The maximum absolute atomic E-state index is 13.9. The van der Waals surface area contributed by atoms with Crippen molar-refractivity contribution < 1.29 is 28.6 Å². The lowest BCUT2D eigenvalue weighted by atomic mass is 10.1. The van der Waals surface area contributed by atoms with Gasteiger partial charge in [-0.3, -0.25) is 14.9 Å². The summed E-state index contributed by atoms with van der Waals surface area (Å²) < 4.78 is 14.4. The number of nitrogens with zero attached hydrogens (tertiary/aromatic N) is 1. The van der Waals surface area contributed by atoms with E-state index in [9.17, 15) is 14.4 Å². The topological polar surface area (TPSA) is 118 Å². The van der Waals surface area contributed by atoms with Crippen molar-refractivity contribution in [3.8, 4) is 11.5 Å². The lowest BCUT2D eigenvalue weighted by Gasteiger charge is -2.33. The first-order chi connectivity index (χ1) is 22.0. The van der Waals surface area contributed by atoms with E-state index in [0.29, 0.717) is 37.7 Å². The molecule has 0 saturated carbocycles. The Balaban J connectivity index is 2.01. The number of carbonyl (C=O) groups is 3. The molecule has 0 aliphatic heterocycles. The van der Waals surface area contributed by atoms with Crippen LogP contribution in [0.15, 0.2) is 48.5 Å². The van der Waals surface area contributed by atoms with Gasteiger partial charge in [0.2, 0.25) is 11.8 Å². The summed E-state index contributed by atoms with van der Waals surface area (Å²) in [7, 11) is 3.27. The molecule has 0 aliphatic carbocycles. The molecule has 0 aromatic heterocycles. The fraction of sp³-hybridized carbons (Fsp3) is 0.571. The number of benzene rings is 2. The zero-order valence-corrected chi connectivity index (χ0v) is 31.3. The number of alkyl carbamates (subject to hydrolysis) is 1. The van der Waals surface area contributed by atoms with Gasteiger partial charge in [-0.05, 0) is 90.8 Å². The zero-order chi connectivity index (χ0) is 35.3. The van der Waals surface area contributed by atoms with Crippen LogP contribution in [0.5, 0.6) is 11.5 Å². The van der Waals surface area contributed by atoms with Gasteiger partial charge in [-0.15, -0.1) is 23.5 Å². The molecule has 0 radical (unpaired) electrons. The number of ether oxygens (including phenoxy) is 3. The molecule has 10 nitrogen and oxygen atoms in total. The van der Waals surface area contributed by atoms with Crippen molar-refractivity contribution in [3.63, 3.8) is 0 Å². The van der Waals surface area contributed by atoms with Crippen molar-refractivity contribution in [1.29, 1.82) is 0 Å². The number of hydrogen-bond acceptors (Lipinski definition) is 9. The second kappa shape index (κ2) is 18.5. The molecule has 262 valence electrons. The predicted octanol–water partition coefficient (Wildman–Crippen LogP) is 5.83. The Labute approximate surface area is 289 Å². The van der Waals surface area contributed by atoms with E-state index < -0.39 is 21.2 Å². The van der Waals surface area contributed by atoms with E-state index in [1.54, 1.807) is 42.6 Å². The molecule has 3 amide bonds. The van der Waals surface area contributed by atoms with Gasteiger partial charge in [-0.2, -0.15) is 0 Å². The summed E-state index contributed by atoms with van der Waals surface area (Å²) in [6.45, 7) is 16.4. The largest absolute Gasteiger partial charge is 0.497 e. The summed E-state index contributed by atoms with van der Waals surface area (Å²) in [5, 5.41) is 9.05. The number of methoxy groups -OCH3 is 2. The number of thioether (sulfide) groups is 2. The van der Waals surface area contributed by atoms with Crippen LogP contribution in [0, 0.1) is 0 Å². The van der Waals surface area contributed by atoms with E-state index in [4.69, 9.17) is 14.2 Å². The molecule has 2 aromatic rings. The molecule has 2 aromatic carbocycles. The van der Waals surface area contributed by atoms with Crippen LogP contribution >= 0.6 is 23.5 Å². The first kappa shape index (κ1) is 40.1. The monoisotopic (exact) mass is 690 g/mol. The molecule has 2 rings (SSSR count). The van der Waals surface area contributed by atoms with Gasteiger partial charge in [0.25, 0.3) is 0 Å². The van der Waals surface area contributed by atoms with Crippen molar-refractivity contribution >= 4 is 41.4 Å². The number of carbonyl (C=O) groups excluding carboxylic acids is 3. The molecule has 1 unspecified atom stereocenters. The summed E-state index contributed by atoms with van der Waals surface area (Å²) in [4.78, 5) is 41.1. The Morgan fingerprint density at radius 3 is 1.68 bits per heavy atom. The second-order valence-electron chi connectivity index (χ2n) is 13.2. The fourth-order valence-electron chi connectivity index (χ4n) is 4.26. The summed E-state index contributed by atoms with van der Waals surface area (Å²) in [6.07, 6.45) is -0.890. The lowest BCUT2D eigenvalue weighted by Crippen LogP contribution is -2.52. The van der Waals surface area contributed by atoms with Crippen LogP contribution in [0.2, 0.25) is 0 Å². The third-order valence-electron chi connectivity index (χ3n) is 7.10. The highest BCUT2D eigenvalue weighted by molar-refractivity contribution is 8.00. The minimum Gasteiger partial charge on any atom is -0.497 e. The van der Waals surface area contributed by atoms with Crippen LogP contribution in [0.3, 0.4) is 0 Å². The summed E-state index contributed by atoms with van der Waals surface area (Å²) >= 11 is 3.12. The van der Waals surface area contributed by atoms with Crippen molar-refractivity contribution in [2.75, 3.05) is 40.4 Å². The van der Waals surface area contributed by atoms with Gasteiger partial charge in [-0.1, -0.05) is 24.3 Å². The van der Waals surface area contributed by atoms with Crippen molar-refractivity contribution in [1.82, 2.24) is 20.9 Å². The van der Waals surface area contributed by atoms with Gasteiger partial charge in [0.15, 0.2) is 0 Å². The summed E-state index contributed by atoms with van der Waals surface area (Å²) in [5.41, 5.74) is 1.59. The van der Waals surface area contributed by atoms with E-state index in [1.807, 2.05) is 104 Å². The van der Waals surface area contributed by atoms with Crippen LogP contribution in [-0.2, 0) is 25.8 Å². The quantitative estimate of drug-likeness (QED) is 0.166. The number of rotatable bonds is 18. The van der Waals surface area contributed by atoms with Gasteiger partial charge in [0, 0.05) is 37.7 Å². The fourth-order valence-corrected chi connectivity index (χ4v) is 6.16. The molecule has 0 aliphatic rings. The van der Waals surface area contributed by atoms with Crippen molar-refractivity contribution in [2.24, 2.45) is 0 Å². The minimum atomic E-state index is -0.724. The maximum Gasteiger partial charge on any atom is 0.408 e. The number of nitrogens with one attached hydrogen (secondary N) is 3. The Kier molecular flexibility index (Phi) is 15.7. The van der Waals surface area contributed by atoms with Crippen LogP contribution < -0.4 is 25.4 Å². The average molecular weight is 691 g/mol. The molecular formula is C35H54N4O6S2. The van der Waals surface area contributed by atoms with Gasteiger partial charge in [0.05, 0.1) is 29.9 Å². The van der Waals surface area contributed by atoms with E-state index in [-0.39, 0.29) is 18.0 Å². The van der Waals surface area contributed by atoms with Gasteiger partial charge in [0.1, 0.15) is 17.1 Å². The Morgan fingerprint density at radius 2 is 1.21 bits per heavy atom. The number of hydrogen-bond donors (Lipinski definition) is 3. The van der Waals surface area contributed by atoms with Gasteiger partial charge in [-0.25, -0.2) is 4.79 Å². The van der Waals surface area contributed by atoms with Crippen molar-refractivity contribution in [2.45, 2.75) is 88.2 Å². The SMILES string of the molecule is COc1ccc(CSC(C)(C)C(=O)NCCN(CCNC(C)NC(=O)OC(C)(C)C)C(=O)C(C)(C)SCc2ccc(OC)cc2)cc1. The van der Waals surface area contributed by atoms with E-state index in [0.717, 1.165) is 22.6 Å². The third-order valence-corrected chi connectivity index (χ3v) is 9.86. The summed E-state index contributed by atoms with van der Waals surface area (Å²) in [6, 6.07) is 15.6. The highest BCUT2D eigenvalue weighted by Gasteiger charge is 2.33. The average Bonchev–Trinajstić information content (AvgIpc) is 3.01. The van der Waals surface area contributed by atoms with E-state index >= 15 is 0 Å². The molecule has 47 heavy (non-hydrogen) atoms. The first-order valence-corrected chi connectivity index (χ1v) is 17.8. The lowest BCUT2D eigenvalue weighted by molar-refractivity contribution is -0.133. The maximum atomic E-state index is 13.9. The van der Waals surface area contributed by atoms with E-state index in [1.165, 1.54) is 0 Å². The molecule has 0 fully saturated rings. The zero-order valence-electron chi connectivity index (χ0n) is 29.7. The Bertz CT molecular complexity index is 1280. The van der Waals surface area contributed by atoms with Gasteiger partial charge >= 0.3 is 6.09 Å². The molecule has 0 bridgehead atoms.